The molecule has 1 aliphatic heterocycles. The third kappa shape index (κ3) is 3.31. The highest BCUT2D eigenvalue weighted by Crippen LogP contribution is 2.47. The van der Waals surface area contributed by atoms with Crippen molar-refractivity contribution in [2.75, 3.05) is 14.2 Å². The number of rotatable bonds is 4. The summed E-state index contributed by atoms with van der Waals surface area (Å²) in [5.41, 5.74) is 1.49. The smallest absolute Gasteiger partial charge is 0.312 e. The van der Waals surface area contributed by atoms with Gasteiger partial charge in [-0.15, -0.1) is 0 Å². The van der Waals surface area contributed by atoms with Gasteiger partial charge in [-0.05, 0) is 23.8 Å². The molecule has 0 unspecified atom stereocenters. The van der Waals surface area contributed by atoms with E-state index in [1.54, 1.807) is 36.4 Å². The van der Waals surface area contributed by atoms with Gasteiger partial charge in [-0.25, -0.2) is 0 Å². The van der Waals surface area contributed by atoms with Gasteiger partial charge in [-0.1, -0.05) is 24.3 Å². The minimum Gasteiger partial charge on any atom is -0.507 e. The maximum atomic E-state index is 13.5. The van der Waals surface area contributed by atoms with E-state index in [1.807, 2.05) is 0 Å². The topological polar surface area (TPSA) is 115 Å². The van der Waals surface area contributed by atoms with Crippen molar-refractivity contribution in [3.63, 3.8) is 0 Å². The van der Waals surface area contributed by atoms with E-state index in [-0.39, 0.29) is 46.0 Å². The zero-order valence-electron chi connectivity index (χ0n) is 18.3. The van der Waals surface area contributed by atoms with E-state index >= 15 is 0 Å². The molecule has 2 heterocycles. The van der Waals surface area contributed by atoms with Crippen LogP contribution in [0.3, 0.4) is 0 Å². The van der Waals surface area contributed by atoms with Crippen molar-refractivity contribution in [3.8, 4) is 39.9 Å². The number of aromatic hydroxyl groups is 2. The predicted molar refractivity (Wildman–Crippen MR) is 123 cm³/mol. The first-order valence-corrected chi connectivity index (χ1v) is 10.4. The number of hydrogen-bond acceptors (Lipinski definition) is 8. The summed E-state index contributed by atoms with van der Waals surface area (Å²) in [4.78, 5) is 25.9. The van der Waals surface area contributed by atoms with E-state index in [1.165, 1.54) is 32.6 Å². The summed E-state index contributed by atoms with van der Waals surface area (Å²) in [6, 6.07) is 13.0. The zero-order chi connectivity index (χ0) is 24.0. The van der Waals surface area contributed by atoms with Crippen LogP contribution in [0, 0.1) is 0 Å². The van der Waals surface area contributed by atoms with Gasteiger partial charge in [0.25, 0.3) is 0 Å². The van der Waals surface area contributed by atoms with Crippen LogP contribution in [0.1, 0.15) is 23.5 Å². The third-order valence-electron chi connectivity index (χ3n) is 5.97. The molecule has 0 aliphatic carbocycles. The molecule has 0 bridgehead atoms. The predicted octanol–water partition coefficient (Wildman–Crippen LogP) is 4.33. The number of para-hydroxylation sites is 1. The first-order valence-electron chi connectivity index (χ1n) is 10.4. The van der Waals surface area contributed by atoms with Crippen LogP contribution in [-0.2, 0) is 4.79 Å². The summed E-state index contributed by atoms with van der Waals surface area (Å²) in [7, 11) is 2.92. The SMILES string of the molecule is COc1cc([C@H]2CC(=O)Oc3cc(O)c4c(=O)c(-c5ccccc5OC)coc4c32)ccc1O. The maximum Gasteiger partial charge on any atom is 0.312 e. The third-order valence-corrected chi connectivity index (χ3v) is 5.97. The molecular formula is C26H20O8. The lowest BCUT2D eigenvalue weighted by Crippen LogP contribution is -2.22. The minimum absolute atomic E-state index is 0.0290. The number of hydrogen-bond donors (Lipinski definition) is 2. The van der Waals surface area contributed by atoms with Gasteiger partial charge in [0.15, 0.2) is 11.5 Å². The van der Waals surface area contributed by atoms with Crippen molar-refractivity contribution in [2.24, 2.45) is 0 Å². The van der Waals surface area contributed by atoms with E-state index in [0.717, 1.165) is 0 Å². The molecule has 8 nitrogen and oxygen atoms in total. The van der Waals surface area contributed by atoms with Gasteiger partial charge in [0.05, 0.1) is 26.2 Å². The van der Waals surface area contributed by atoms with Crippen LogP contribution in [0.2, 0.25) is 0 Å². The highest BCUT2D eigenvalue weighted by atomic mass is 16.5. The molecule has 4 aromatic rings. The fraction of sp³-hybridized carbons (Fsp3) is 0.154. The number of ether oxygens (including phenoxy) is 3. The second-order valence-electron chi connectivity index (χ2n) is 7.85. The fourth-order valence-corrected chi connectivity index (χ4v) is 4.38. The van der Waals surface area contributed by atoms with Crippen molar-refractivity contribution in [1.82, 2.24) is 0 Å². The Morgan fingerprint density at radius 3 is 2.44 bits per heavy atom. The fourth-order valence-electron chi connectivity index (χ4n) is 4.38. The van der Waals surface area contributed by atoms with Crippen molar-refractivity contribution in [3.05, 3.63) is 76.1 Å². The van der Waals surface area contributed by atoms with Gasteiger partial charge in [0, 0.05) is 23.1 Å². The van der Waals surface area contributed by atoms with Crippen LogP contribution >= 0.6 is 0 Å². The lowest BCUT2D eigenvalue weighted by Gasteiger charge is -2.26. The molecule has 8 heteroatoms. The maximum absolute atomic E-state index is 13.5. The van der Waals surface area contributed by atoms with Gasteiger partial charge in [0.2, 0.25) is 5.43 Å². The van der Waals surface area contributed by atoms with Crippen molar-refractivity contribution < 1.29 is 33.6 Å². The minimum atomic E-state index is -0.561. The molecule has 0 saturated heterocycles. The Morgan fingerprint density at radius 1 is 0.912 bits per heavy atom. The van der Waals surface area contributed by atoms with Gasteiger partial charge in [-0.3, -0.25) is 9.59 Å². The molecule has 5 rings (SSSR count). The quantitative estimate of drug-likeness (QED) is 0.342. The molecule has 0 amide bonds. The van der Waals surface area contributed by atoms with E-state index in [2.05, 4.69) is 0 Å². The van der Waals surface area contributed by atoms with E-state index in [0.29, 0.717) is 22.4 Å². The number of phenols is 2. The average Bonchev–Trinajstić information content (AvgIpc) is 2.83. The zero-order valence-corrected chi connectivity index (χ0v) is 18.3. The molecule has 1 atom stereocenters. The highest BCUT2D eigenvalue weighted by Gasteiger charge is 2.34. The Kier molecular flexibility index (Phi) is 5.13. The first-order chi connectivity index (χ1) is 16.4. The molecule has 1 aromatic heterocycles. The van der Waals surface area contributed by atoms with Crippen LogP contribution in [0.4, 0.5) is 0 Å². The number of esters is 1. The summed E-state index contributed by atoms with van der Waals surface area (Å²) >= 11 is 0. The second-order valence-corrected chi connectivity index (χ2v) is 7.85. The van der Waals surface area contributed by atoms with Gasteiger partial charge in [0.1, 0.15) is 34.5 Å². The number of carbonyl (C=O) groups excluding carboxylic acids is 1. The lowest BCUT2D eigenvalue weighted by atomic mass is 9.84. The van der Waals surface area contributed by atoms with E-state index in [4.69, 9.17) is 18.6 Å². The Hall–Kier alpha value is -4.46. The van der Waals surface area contributed by atoms with Crippen LogP contribution in [-0.4, -0.2) is 30.4 Å². The summed E-state index contributed by atoms with van der Waals surface area (Å²) in [6.07, 6.45) is 1.28. The van der Waals surface area contributed by atoms with E-state index < -0.39 is 17.3 Å². The Balaban J connectivity index is 1.78. The van der Waals surface area contributed by atoms with Gasteiger partial charge in [-0.2, -0.15) is 0 Å². The number of fused-ring (bicyclic) bond motifs is 3. The van der Waals surface area contributed by atoms with Gasteiger partial charge < -0.3 is 28.8 Å². The first kappa shape index (κ1) is 21.4. The average molecular weight is 460 g/mol. The molecule has 1 aliphatic rings. The Morgan fingerprint density at radius 2 is 1.68 bits per heavy atom. The molecule has 34 heavy (non-hydrogen) atoms. The van der Waals surface area contributed by atoms with Crippen LogP contribution in [0.25, 0.3) is 22.1 Å². The number of methoxy groups -OCH3 is 2. The molecule has 0 saturated carbocycles. The standard InChI is InChI=1S/C26H20O8/c1-31-19-6-4-3-5-14(19)16-12-33-26-23-15(13-7-8-17(27)20(9-13)32-2)10-22(29)34-21(23)11-18(28)24(26)25(16)30/h3-9,11-12,15,27-28H,10H2,1-2H3/t15-/m1/s1. The highest BCUT2D eigenvalue weighted by molar-refractivity contribution is 5.94. The summed E-state index contributed by atoms with van der Waals surface area (Å²) in [5.74, 6) is -0.656. The summed E-state index contributed by atoms with van der Waals surface area (Å²) in [6.45, 7) is 0. The number of carbonyl (C=O) groups is 1. The number of benzene rings is 3. The molecule has 0 fully saturated rings. The lowest BCUT2D eigenvalue weighted by molar-refractivity contribution is -0.135. The number of phenolic OH excluding ortho intramolecular Hbond substituents is 2. The summed E-state index contributed by atoms with van der Waals surface area (Å²) in [5, 5.41) is 20.7. The Bertz CT molecular complexity index is 1500. The normalized spacial score (nSPS) is 15.0. The van der Waals surface area contributed by atoms with Crippen LogP contribution in [0.5, 0.6) is 28.7 Å². The molecule has 0 spiro atoms. The second kappa shape index (κ2) is 8.15. The van der Waals surface area contributed by atoms with Crippen LogP contribution < -0.4 is 19.6 Å². The molecule has 0 radical (unpaired) electrons. The van der Waals surface area contributed by atoms with Crippen molar-refractivity contribution >= 4 is 16.9 Å². The summed E-state index contributed by atoms with van der Waals surface area (Å²) < 4.78 is 21.9. The Labute approximate surface area is 193 Å². The largest absolute Gasteiger partial charge is 0.507 e. The van der Waals surface area contributed by atoms with Crippen molar-refractivity contribution in [1.29, 1.82) is 0 Å². The monoisotopic (exact) mass is 460 g/mol. The molecule has 172 valence electrons. The molecule has 3 aromatic carbocycles. The molecule has 2 N–H and O–H groups in total. The molecular weight excluding hydrogens is 440 g/mol. The van der Waals surface area contributed by atoms with Gasteiger partial charge >= 0.3 is 5.97 Å². The van der Waals surface area contributed by atoms with Crippen LogP contribution in [0.15, 0.2) is 64.0 Å². The van der Waals surface area contributed by atoms with E-state index in [9.17, 15) is 19.8 Å². The van der Waals surface area contributed by atoms with Crippen molar-refractivity contribution in [2.45, 2.75) is 12.3 Å².